The first-order valence-electron chi connectivity index (χ1n) is 16.2. The number of aliphatic hydroxyl groups is 8. The summed E-state index contributed by atoms with van der Waals surface area (Å²) in [6.07, 6.45) is -15.5. The molecule has 0 amide bonds. The highest BCUT2D eigenvalue weighted by molar-refractivity contribution is 5.55. The molecule has 4 aliphatic rings. The molecule has 14 atom stereocenters. The summed E-state index contributed by atoms with van der Waals surface area (Å²) in [5.41, 5.74) is 1.48. The molecule has 0 aromatic heterocycles. The molecule has 278 valence electrons. The Morgan fingerprint density at radius 2 is 1.02 bits per heavy atom. The Labute approximate surface area is 287 Å². The van der Waals surface area contributed by atoms with Crippen molar-refractivity contribution >= 4 is 0 Å². The molecule has 17 heteroatoms. The maximum absolute atomic E-state index is 10.5. The van der Waals surface area contributed by atoms with Crippen LogP contribution in [0.15, 0.2) is 30.3 Å². The summed E-state index contributed by atoms with van der Waals surface area (Å²) >= 11 is 0. The van der Waals surface area contributed by atoms with E-state index in [0.29, 0.717) is 24.5 Å². The fraction of sp³-hybridized carbons (Fsp3) is 0.636. The van der Waals surface area contributed by atoms with Crippen molar-refractivity contribution in [3.63, 3.8) is 0 Å². The van der Waals surface area contributed by atoms with Gasteiger partial charge in [0, 0.05) is 11.8 Å². The van der Waals surface area contributed by atoms with E-state index in [4.69, 9.17) is 42.6 Å². The van der Waals surface area contributed by atoms with E-state index in [1.165, 1.54) is 21.3 Å². The normalized spacial score (nSPS) is 38.4. The van der Waals surface area contributed by atoms with Gasteiger partial charge in [-0.25, -0.2) is 0 Å². The van der Waals surface area contributed by atoms with Gasteiger partial charge in [-0.3, -0.25) is 0 Å². The van der Waals surface area contributed by atoms with E-state index in [1.807, 2.05) is 0 Å². The lowest BCUT2D eigenvalue weighted by atomic mass is 9.84. The Bertz CT molecular complexity index is 1430. The summed E-state index contributed by atoms with van der Waals surface area (Å²) < 4.78 is 52.1. The average molecular weight is 713 g/mol. The number of benzene rings is 2. The molecule has 50 heavy (non-hydrogen) atoms. The number of hydrogen-bond donors (Lipinski definition) is 8. The van der Waals surface area contributed by atoms with Gasteiger partial charge in [0.15, 0.2) is 23.0 Å². The SMILES string of the molecule is COc1cc([C@H]2OC[C@H]3[C@@H]2CO[C@@H]3c2cc(OC)c(O[C@@H]3O[C@H](CO)[C@@H](O)[C@H](O)[C@H]3O)c(OC)c2)ccc1O[C@@H]1O[C@H](CO)[C@@H](O)[C@H](O)[C@H]1O. The molecule has 8 N–H and O–H groups in total. The molecule has 4 aliphatic heterocycles. The Morgan fingerprint density at radius 3 is 1.50 bits per heavy atom. The molecule has 4 saturated heterocycles. The standard InChI is InChI=1S/C33H44O17/c1-42-18-6-13(4-5-17(18)47-32-27(40)25(38)23(36)21(9-34)48-32)29-15-11-46-30(16(15)12-45-29)14-7-19(43-2)31(20(8-14)44-3)50-33-28(41)26(39)24(37)22(10-35)49-33/h4-8,15-16,21-30,32-41H,9-12H2,1-3H3/t15-,16-,21+,22+,23+,24+,25-,26-,27+,28+,29+,30+,32+,33-/m0/s1. The van der Waals surface area contributed by atoms with Gasteiger partial charge in [0.05, 0.1) is 60.0 Å². The third-order valence-electron chi connectivity index (χ3n) is 9.77. The lowest BCUT2D eigenvalue weighted by molar-refractivity contribution is -0.277. The van der Waals surface area contributed by atoms with Crippen LogP contribution in [0.2, 0.25) is 0 Å². The van der Waals surface area contributed by atoms with Crippen LogP contribution in [0.1, 0.15) is 23.3 Å². The van der Waals surface area contributed by atoms with E-state index < -0.39 is 80.7 Å². The highest BCUT2D eigenvalue weighted by Crippen LogP contribution is 2.53. The number of fused-ring (bicyclic) bond motifs is 1. The van der Waals surface area contributed by atoms with Gasteiger partial charge in [-0.15, -0.1) is 0 Å². The summed E-state index contributed by atoms with van der Waals surface area (Å²) in [4.78, 5) is 0. The average Bonchev–Trinajstić information content (AvgIpc) is 3.75. The molecule has 0 saturated carbocycles. The van der Waals surface area contributed by atoms with Crippen LogP contribution in [0.3, 0.4) is 0 Å². The van der Waals surface area contributed by atoms with Crippen LogP contribution in [-0.2, 0) is 18.9 Å². The summed E-state index contributed by atoms with van der Waals surface area (Å²) in [6, 6.07) is 8.53. The van der Waals surface area contributed by atoms with Gasteiger partial charge in [-0.05, 0) is 35.4 Å². The first kappa shape index (κ1) is 36.7. The quantitative estimate of drug-likeness (QED) is 0.127. The molecule has 6 rings (SSSR count). The zero-order valence-corrected chi connectivity index (χ0v) is 27.6. The molecular weight excluding hydrogens is 668 g/mol. The number of hydrogen-bond acceptors (Lipinski definition) is 17. The lowest BCUT2D eigenvalue weighted by Crippen LogP contribution is -2.60. The third kappa shape index (κ3) is 6.69. The zero-order valence-electron chi connectivity index (χ0n) is 27.6. The second kappa shape index (κ2) is 15.3. The van der Waals surface area contributed by atoms with Gasteiger partial charge in [-0.2, -0.15) is 0 Å². The van der Waals surface area contributed by atoms with E-state index in [9.17, 15) is 40.9 Å². The van der Waals surface area contributed by atoms with Crippen molar-refractivity contribution in [3.05, 3.63) is 41.5 Å². The molecule has 17 nitrogen and oxygen atoms in total. The second-order valence-electron chi connectivity index (χ2n) is 12.6. The summed E-state index contributed by atoms with van der Waals surface area (Å²) in [5, 5.41) is 80.6. The summed E-state index contributed by atoms with van der Waals surface area (Å²) in [5.74, 6) is 0.854. The first-order chi connectivity index (χ1) is 24.0. The van der Waals surface area contributed by atoms with Crippen LogP contribution in [0.25, 0.3) is 0 Å². The van der Waals surface area contributed by atoms with Crippen LogP contribution < -0.4 is 23.7 Å². The van der Waals surface area contributed by atoms with Crippen molar-refractivity contribution in [3.8, 4) is 28.7 Å². The Hall–Kier alpha value is -3.04. The van der Waals surface area contributed by atoms with Crippen LogP contribution in [0.5, 0.6) is 28.7 Å². The first-order valence-corrected chi connectivity index (χ1v) is 16.2. The molecule has 0 radical (unpaired) electrons. The minimum absolute atomic E-state index is 0.0658. The Kier molecular flexibility index (Phi) is 11.2. The maximum Gasteiger partial charge on any atom is 0.229 e. The molecule has 0 aliphatic carbocycles. The van der Waals surface area contributed by atoms with Crippen LogP contribution in [0.4, 0.5) is 0 Å². The van der Waals surface area contributed by atoms with Crippen molar-refractivity contribution in [2.45, 2.75) is 73.6 Å². The van der Waals surface area contributed by atoms with E-state index in [0.717, 1.165) is 5.56 Å². The maximum atomic E-state index is 10.5. The zero-order chi connectivity index (χ0) is 35.9. The number of aliphatic hydroxyl groups excluding tert-OH is 8. The van der Waals surface area contributed by atoms with Crippen molar-refractivity contribution < 1.29 is 83.5 Å². The van der Waals surface area contributed by atoms with Gasteiger partial charge < -0.3 is 83.5 Å². The van der Waals surface area contributed by atoms with E-state index in [1.54, 1.807) is 30.3 Å². The molecular formula is C33H44O17. The Balaban J connectivity index is 1.18. The van der Waals surface area contributed by atoms with Gasteiger partial charge in [0.1, 0.15) is 48.8 Å². The number of rotatable bonds is 11. The van der Waals surface area contributed by atoms with Crippen molar-refractivity contribution in [1.29, 1.82) is 0 Å². The molecule has 0 bridgehead atoms. The van der Waals surface area contributed by atoms with Gasteiger partial charge in [0.25, 0.3) is 0 Å². The second-order valence-corrected chi connectivity index (χ2v) is 12.6. The minimum atomic E-state index is -1.64. The van der Waals surface area contributed by atoms with Crippen LogP contribution in [0, 0.1) is 11.8 Å². The predicted molar refractivity (Wildman–Crippen MR) is 166 cm³/mol. The predicted octanol–water partition coefficient (Wildman–Crippen LogP) is -1.85. The number of ether oxygens (including phenoxy) is 9. The van der Waals surface area contributed by atoms with Crippen molar-refractivity contribution in [1.82, 2.24) is 0 Å². The highest BCUT2D eigenvalue weighted by Gasteiger charge is 2.50. The highest BCUT2D eigenvalue weighted by atomic mass is 16.7. The molecule has 2 aromatic rings. The molecule has 0 spiro atoms. The van der Waals surface area contributed by atoms with Gasteiger partial charge >= 0.3 is 0 Å². The van der Waals surface area contributed by atoms with Crippen LogP contribution >= 0.6 is 0 Å². The minimum Gasteiger partial charge on any atom is -0.493 e. The van der Waals surface area contributed by atoms with Crippen LogP contribution in [-0.4, -0.2) is 150 Å². The largest absolute Gasteiger partial charge is 0.493 e. The Morgan fingerprint density at radius 1 is 0.560 bits per heavy atom. The van der Waals surface area contributed by atoms with E-state index in [-0.39, 0.29) is 40.9 Å². The molecule has 4 heterocycles. The third-order valence-corrected chi connectivity index (χ3v) is 9.77. The van der Waals surface area contributed by atoms with Gasteiger partial charge in [0.2, 0.25) is 18.3 Å². The van der Waals surface area contributed by atoms with Gasteiger partial charge in [-0.1, -0.05) is 6.07 Å². The molecule has 2 aromatic carbocycles. The van der Waals surface area contributed by atoms with Crippen molar-refractivity contribution in [2.24, 2.45) is 11.8 Å². The van der Waals surface area contributed by atoms with E-state index >= 15 is 0 Å². The molecule has 4 fully saturated rings. The number of methoxy groups -OCH3 is 3. The smallest absolute Gasteiger partial charge is 0.229 e. The van der Waals surface area contributed by atoms with Crippen molar-refractivity contribution in [2.75, 3.05) is 47.8 Å². The molecule has 0 unspecified atom stereocenters. The topological polar surface area (TPSA) is 245 Å². The van der Waals surface area contributed by atoms with E-state index in [2.05, 4.69) is 0 Å². The summed E-state index contributed by atoms with van der Waals surface area (Å²) in [6.45, 7) is -0.487. The fourth-order valence-corrected chi connectivity index (χ4v) is 6.94. The summed E-state index contributed by atoms with van der Waals surface area (Å²) in [7, 11) is 4.28. The lowest BCUT2D eigenvalue weighted by Gasteiger charge is -2.39. The fourth-order valence-electron chi connectivity index (χ4n) is 6.94. The monoisotopic (exact) mass is 712 g/mol.